The molecule has 2 aromatic carbocycles. The van der Waals surface area contributed by atoms with Crippen LogP contribution in [-0.2, 0) is 14.8 Å². The van der Waals surface area contributed by atoms with Crippen LogP contribution in [0.5, 0.6) is 17.2 Å². The van der Waals surface area contributed by atoms with Crippen molar-refractivity contribution in [3.63, 3.8) is 0 Å². The highest BCUT2D eigenvalue weighted by Crippen LogP contribution is 2.36. The molecule has 8 nitrogen and oxygen atoms in total. The van der Waals surface area contributed by atoms with E-state index in [4.69, 9.17) is 14.2 Å². The molecule has 9 heteroatoms. The summed E-state index contributed by atoms with van der Waals surface area (Å²) in [6.45, 7) is 3.10. The maximum Gasteiger partial charge on any atom is 0.245 e. The first-order chi connectivity index (χ1) is 13.3. The number of benzene rings is 2. The third-order valence-electron chi connectivity index (χ3n) is 4.26. The fourth-order valence-corrected chi connectivity index (χ4v) is 3.85. The highest BCUT2D eigenvalue weighted by atomic mass is 32.2. The standard InChI is InChI=1S/C19H22N2O6S/c1-4-28(23,24)21(14-6-8-17-18(10-14)27-12-26-17)11-19(22)20-15-9-13(2)5-7-16(15)25-3/h5-10H,4,11-12H2,1-3H3,(H,20,22). The average Bonchev–Trinajstić information content (AvgIpc) is 3.14. The second-order valence-electron chi connectivity index (χ2n) is 6.20. The van der Waals surface area contributed by atoms with Crippen LogP contribution in [0.15, 0.2) is 36.4 Å². The first kappa shape index (κ1) is 19.8. The lowest BCUT2D eigenvalue weighted by atomic mass is 10.2. The fourth-order valence-electron chi connectivity index (χ4n) is 2.79. The molecule has 0 fully saturated rings. The molecule has 0 aromatic heterocycles. The number of rotatable bonds is 7. The van der Waals surface area contributed by atoms with Crippen molar-refractivity contribution in [2.24, 2.45) is 0 Å². The first-order valence-electron chi connectivity index (χ1n) is 8.68. The Balaban J connectivity index is 1.86. The van der Waals surface area contributed by atoms with Crippen molar-refractivity contribution >= 4 is 27.3 Å². The number of nitrogens with zero attached hydrogens (tertiary/aromatic N) is 1. The van der Waals surface area contributed by atoms with Crippen LogP contribution >= 0.6 is 0 Å². The molecule has 1 aliphatic heterocycles. The number of fused-ring (bicyclic) bond motifs is 1. The normalized spacial score (nSPS) is 12.5. The Hall–Kier alpha value is -2.94. The fraction of sp³-hybridized carbons (Fsp3) is 0.316. The van der Waals surface area contributed by atoms with Gasteiger partial charge in [0.15, 0.2) is 11.5 Å². The van der Waals surface area contributed by atoms with E-state index in [1.165, 1.54) is 14.0 Å². The molecule has 150 valence electrons. The van der Waals surface area contributed by atoms with Gasteiger partial charge in [-0.2, -0.15) is 0 Å². The van der Waals surface area contributed by atoms with Crippen molar-refractivity contribution in [1.82, 2.24) is 0 Å². The van der Waals surface area contributed by atoms with Crippen LogP contribution in [0.3, 0.4) is 0 Å². The second kappa shape index (κ2) is 7.97. The van der Waals surface area contributed by atoms with Gasteiger partial charge in [-0.1, -0.05) is 6.07 Å². The summed E-state index contributed by atoms with van der Waals surface area (Å²) >= 11 is 0. The van der Waals surface area contributed by atoms with Gasteiger partial charge in [-0.05, 0) is 43.7 Å². The summed E-state index contributed by atoms with van der Waals surface area (Å²) in [5.41, 5.74) is 1.74. The number of ether oxygens (including phenoxy) is 3. The van der Waals surface area contributed by atoms with Crippen molar-refractivity contribution in [1.29, 1.82) is 0 Å². The van der Waals surface area contributed by atoms with Crippen LogP contribution in [-0.4, -0.2) is 40.5 Å². The summed E-state index contributed by atoms with van der Waals surface area (Å²) in [6.07, 6.45) is 0. The lowest BCUT2D eigenvalue weighted by molar-refractivity contribution is -0.114. The minimum Gasteiger partial charge on any atom is -0.495 e. The number of amides is 1. The summed E-state index contributed by atoms with van der Waals surface area (Å²) < 4.78 is 42.1. The van der Waals surface area contributed by atoms with E-state index in [0.717, 1.165) is 9.87 Å². The van der Waals surface area contributed by atoms with Crippen molar-refractivity contribution in [2.45, 2.75) is 13.8 Å². The summed E-state index contributed by atoms with van der Waals surface area (Å²) in [5.74, 6) is 0.828. The SMILES string of the molecule is CCS(=O)(=O)N(CC(=O)Nc1cc(C)ccc1OC)c1ccc2c(c1)OCO2. The molecule has 0 unspecified atom stereocenters. The number of anilines is 2. The second-order valence-corrected chi connectivity index (χ2v) is 8.38. The zero-order valence-corrected chi connectivity index (χ0v) is 16.7. The number of aryl methyl sites for hydroxylation is 1. The van der Waals surface area contributed by atoms with E-state index in [1.807, 2.05) is 13.0 Å². The van der Waals surface area contributed by atoms with E-state index in [9.17, 15) is 13.2 Å². The van der Waals surface area contributed by atoms with Crippen molar-refractivity contribution in [3.05, 3.63) is 42.0 Å². The summed E-state index contributed by atoms with van der Waals surface area (Å²) in [6, 6.07) is 10.1. The zero-order chi connectivity index (χ0) is 20.3. The Morgan fingerprint density at radius 1 is 1.18 bits per heavy atom. The number of sulfonamides is 1. The minimum absolute atomic E-state index is 0.0763. The zero-order valence-electron chi connectivity index (χ0n) is 15.9. The molecule has 0 bridgehead atoms. The molecule has 28 heavy (non-hydrogen) atoms. The lowest BCUT2D eigenvalue weighted by Crippen LogP contribution is -2.39. The number of hydrogen-bond donors (Lipinski definition) is 1. The Bertz CT molecular complexity index is 990. The summed E-state index contributed by atoms with van der Waals surface area (Å²) in [4.78, 5) is 12.6. The van der Waals surface area contributed by atoms with Crippen LogP contribution < -0.4 is 23.8 Å². The lowest BCUT2D eigenvalue weighted by Gasteiger charge is -2.23. The predicted octanol–water partition coefficient (Wildman–Crippen LogP) is 2.53. The number of hydrogen-bond acceptors (Lipinski definition) is 6. The molecule has 0 saturated heterocycles. The van der Waals surface area contributed by atoms with Gasteiger partial charge >= 0.3 is 0 Å². The molecule has 0 spiro atoms. The molecule has 0 saturated carbocycles. The van der Waals surface area contributed by atoms with E-state index in [-0.39, 0.29) is 19.1 Å². The van der Waals surface area contributed by atoms with Gasteiger partial charge in [-0.15, -0.1) is 0 Å². The molecular formula is C19H22N2O6S. The predicted molar refractivity (Wildman–Crippen MR) is 106 cm³/mol. The largest absolute Gasteiger partial charge is 0.495 e. The molecule has 2 aromatic rings. The van der Waals surface area contributed by atoms with Crippen LogP contribution in [0.25, 0.3) is 0 Å². The summed E-state index contributed by atoms with van der Waals surface area (Å²) in [7, 11) is -2.20. The van der Waals surface area contributed by atoms with Gasteiger partial charge in [0.25, 0.3) is 0 Å². The van der Waals surface area contributed by atoms with Crippen molar-refractivity contribution < 1.29 is 27.4 Å². The molecule has 0 aliphatic carbocycles. The molecule has 1 N–H and O–H groups in total. The first-order valence-corrected chi connectivity index (χ1v) is 10.3. The highest BCUT2D eigenvalue weighted by Gasteiger charge is 2.26. The smallest absolute Gasteiger partial charge is 0.245 e. The molecule has 0 radical (unpaired) electrons. The van der Waals surface area contributed by atoms with Gasteiger partial charge < -0.3 is 19.5 Å². The van der Waals surface area contributed by atoms with Gasteiger partial charge in [0.05, 0.1) is 24.2 Å². The molecule has 1 amide bonds. The summed E-state index contributed by atoms with van der Waals surface area (Å²) in [5, 5.41) is 2.73. The Morgan fingerprint density at radius 3 is 2.64 bits per heavy atom. The van der Waals surface area contributed by atoms with Crippen LogP contribution in [0, 0.1) is 6.92 Å². The van der Waals surface area contributed by atoms with Gasteiger partial charge in [0.2, 0.25) is 22.7 Å². The van der Waals surface area contributed by atoms with E-state index in [2.05, 4.69) is 5.32 Å². The molecule has 1 heterocycles. The van der Waals surface area contributed by atoms with E-state index < -0.39 is 15.9 Å². The minimum atomic E-state index is -3.70. The van der Waals surface area contributed by atoms with Crippen molar-refractivity contribution in [2.75, 3.05) is 35.8 Å². The third-order valence-corrected chi connectivity index (χ3v) is 6.00. The van der Waals surface area contributed by atoms with Gasteiger partial charge in [0.1, 0.15) is 12.3 Å². The molecule has 3 rings (SSSR count). The van der Waals surface area contributed by atoms with Crippen LogP contribution in [0.2, 0.25) is 0 Å². The van der Waals surface area contributed by atoms with Crippen LogP contribution in [0.1, 0.15) is 12.5 Å². The average molecular weight is 406 g/mol. The number of methoxy groups -OCH3 is 1. The number of carbonyl (C=O) groups is 1. The number of nitrogens with one attached hydrogen (secondary N) is 1. The van der Waals surface area contributed by atoms with E-state index in [0.29, 0.717) is 28.6 Å². The maximum absolute atomic E-state index is 12.6. The van der Waals surface area contributed by atoms with E-state index >= 15 is 0 Å². The quantitative estimate of drug-likeness (QED) is 0.759. The van der Waals surface area contributed by atoms with Gasteiger partial charge in [-0.25, -0.2) is 8.42 Å². The molecule has 0 atom stereocenters. The highest BCUT2D eigenvalue weighted by molar-refractivity contribution is 7.92. The Labute approximate surface area is 164 Å². The monoisotopic (exact) mass is 406 g/mol. The molecule has 1 aliphatic rings. The number of carbonyl (C=O) groups excluding carboxylic acids is 1. The Kier molecular flexibility index (Phi) is 5.64. The molecular weight excluding hydrogens is 384 g/mol. The van der Waals surface area contributed by atoms with Gasteiger partial charge in [0, 0.05) is 6.07 Å². The Morgan fingerprint density at radius 2 is 1.93 bits per heavy atom. The maximum atomic E-state index is 12.6. The topological polar surface area (TPSA) is 94.2 Å². The van der Waals surface area contributed by atoms with Crippen LogP contribution in [0.4, 0.5) is 11.4 Å². The van der Waals surface area contributed by atoms with Gasteiger partial charge in [-0.3, -0.25) is 9.10 Å². The van der Waals surface area contributed by atoms with E-state index in [1.54, 1.807) is 30.3 Å². The van der Waals surface area contributed by atoms with Crippen molar-refractivity contribution in [3.8, 4) is 17.2 Å². The third kappa shape index (κ3) is 4.14.